The Labute approximate surface area is 132 Å². The number of nitrogens with zero attached hydrogens (tertiary/aromatic N) is 1. The van der Waals surface area contributed by atoms with Gasteiger partial charge in [0.15, 0.2) is 0 Å². The van der Waals surface area contributed by atoms with Crippen LogP contribution in [0.3, 0.4) is 0 Å². The van der Waals surface area contributed by atoms with Gasteiger partial charge in [-0.25, -0.2) is 0 Å². The number of nitrogens with one attached hydrogen (secondary N) is 1. The molecule has 120 valence electrons. The number of phenols is 1. The molecule has 0 aliphatic carbocycles. The van der Waals surface area contributed by atoms with Crippen molar-refractivity contribution >= 4 is 11.6 Å². The predicted molar refractivity (Wildman–Crippen MR) is 83.6 cm³/mol. The summed E-state index contributed by atoms with van der Waals surface area (Å²) in [6.07, 6.45) is 0. The maximum Gasteiger partial charge on any atom is 0.282 e. The van der Waals surface area contributed by atoms with E-state index in [-0.39, 0.29) is 17.0 Å². The maximum atomic E-state index is 12.3. The molecule has 0 aliphatic rings. The molecule has 1 unspecified atom stereocenters. The molecule has 23 heavy (non-hydrogen) atoms. The number of nitro benzene ring substituents is 1. The summed E-state index contributed by atoms with van der Waals surface area (Å²) in [5, 5.41) is 23.5. The van der Waals surface area contributed by atoms with E-state index in [1.807, 2.05) is 0 Å². The van der Waals surface area contributed by atoms with Crippen LogP contribution in [0.4, 0.5) is 5.69 Å². The normalized spacial score (nSPS) is 11.6. The highest BCUT2D eigenvalue weighted by Crippen LogP contribution is 2.29. The number of nitro groups is 1. The standard InChI is InChI=1S/C16H16N2O5/c1-10(13-9-11(23-2)7-8-15(13)19)17-16(20)12-5-3-4-6-14(12)18(21)22/h3-10,19H,1-2H3,(H,17,20). The summed E-state index contributed by atoms with van der Waals surface area (Å²) >= 11 is 0. The van der Waals surface area contributed by atoms with Crippen molar-refractivity contribution in [1.29, 1.82) is 0 Å². The summed E-state index contributed by atoms with van der Waals surface area (Å²) in [7, 11) is 1.49. The van der Waals surface area contributed by atoms with Crippen molar-refractivity contribution in [3.8, 4) is 11.5 Å². The molecule has 2 N–H and O–H groups in total. The minimum Gasteiger partial charge on any atom is -0.508 e. The summed E-state index contributed by atoms with van der Waals surface area (Å²) in [4.78, 5) is 22.7. The van der Waals surface area contributed by atoms with Crippen molar-refractivity contribution in [3.05, 3.63) is 63.7 Å². The first kappa shape index (κ1) is 16.3. The lowest BCUT2D eigenvalue weighted by molar-refractivity contribution is -0.385. The van der Waals surface area contributed by atoms with Gasteiger partial charge in [-0.3, -0.25) is 14.9 Å². The molecule has 0 aliphatic heterocycles. The first-order valence-corrected chi connectivity index (χ1v) is 6.85. The van der Waals surface area contributed by atoms with Crippen LogP contribution in [0.25, 0.3) is 0 Å². The molecular weight excluding hydrogens is 300 g/mol. The second-order valence-corrected chi connectivity index (χ2v) is 4.89. The number of hydrogen-bond donors (Lipinski definition) is 2. The number of aromatic hydroxyl groups is 1. The number of carbonyl (C=O) groups excluding carboxylic acids is 1. The minimum absolute atomic E-state index is 0.00108. The fourth-order valence-electron chi connectivity index (χ4n) is 2.18. The fraction of sp³-hybridized carbons (Fsp3) is 0.188. The zero-order valence-electron chi connectivity index (χ0n) is 12.6. The first-order chi connectivity index (χ1) is 10.9. The van der Waals surface area contributed by atoms with Crippen LogP contribution in [0.2, 0.25) is 0 Å². The van der Waals surface area contributed by atoms with E-state index in [1.165, 1.54) is 31.4 Å². The van der Waals surface area contributed by atoms with E-state index in [0.29, 0.717) is 11.3 Å². The average Bonchev–Trinajstić information content (AvgIpc) is 2.55. The van der Waals surface area contributed by atoms with Gasteiger partial charge in [0.25, 0.3) is 11.6 Å². The molecule has 2 aromatic carbocycles. The molecule has 0 saturated heterocycles. The topological polar surface area (TPSA) is 102 Å². The molecule has 2 aromatic rings. The molecule has 0 fully saturated rings. The van der Waals surface area contributed by atoms with E-state index in [2.05, 4.69) is 5.32 Å². The number of hydrogen-bond acceptors (Lipinski definition) is 5. The van der Waals surface area contributed by atoms with Crippen molar-refractivity contribution < 1.29 is 19.6 Å². The van der Waals surface area contributed by atoms with Gasteiger partial charge in [-0.15, -0.1) is 0 Å². The molecule has 0 bridgehead atoms. The van der Waals surface area contributed by atoms with Gasteiger partial charge in [-0.05, 0) is 31.2 Å². The number of benzene rings is 2. The SMILES string of the molecule is COc1ccc(O)c(C(C)NC(=O)c2ccccc2[N+](=O)[O-])c1. The van der Waals surface area contributed by atoms with Crippen molar-refractivity contribution in [2.45, 2.75) is 13.0 Å². The number of methoxy groups -OCH3 is 1. The summed E-state index contributed by atoms with van der Waals surface area (Å²) < 4.78 is 5.09. The summed E-state index contributed by atoms with van der Waals surface area (Å²) in [6, 6.07) is 9.78. The zero-order valence-corrected chi connectivity index (χ0v) is 12.6. The van der Waals surface area contributed by atoms with E-state index in [1.54, 1.807) is 25.1 Å². The van der Waals surface area contributed by atoms with Gasteiger partial charge >= 0.3 is 0 Å². The molecule has 2 rings (SSSR count). The van der Waals surface area contributed by atoms with Crippen LogP contribution in [-0.4, -0.2) is 23.0 Å². The van der Waals surface area contributed by atoms with Gasteiger partial charge in [0.2, 0.25) is 0 Å². The average molecular weight is 316 g/mol. The lowest BCUT2D eigenvalue weighted by Gasteiger charge is -2.16. The largest absolute Gasteiger partial charge is 0.508 e. The van der Waals surface area contributed by atoms with Crippen LogP contribution in [0.5, 0.6) is 11.5 Å². The van der Waals surface area contributed by atoms with Crippen molar-refractivity contribution in [3.63, 3.8) is 0 Å². The number of rotatable bonds is 5. The van der Waals surface area contributed by atoms with Crippen LogP contribution in [0, 0.1) is 10.1 Å². The third-order valence-electron chi connectivity index (χ3n) is 3.39. The molecule has 1 amide bonds. The van der Waals surface area contributed by atoms with Gasteiger partial charge in [-0.2, -0.15) is 0 Å². The highest BCUT2D eigenvalue weighted by atomic mass is 16.6. The van der Waals surface area contributed by atoms with Crippen molar-refractivity contribution in [1.82, 2.24) is 5.32 Å². The summed E-state index contributed by atoms with van der Waals surface area (Å²) in [5.41, 5.74) is 0.148. The number of phenolic OH excluding ortho intramolecular Hbond substituents is 1. The summed E-state index contributed by atoms with van der Waals surface area (Å²) in [6.45, 7) is 1.67. The highest BCUT2D eigenvalue weighted by molar-refractivity contribution is 5.98. The Morgan fingerprint density at radius 2 is 2.00 bits per heavy atom. The fourth-order valence-corrected chi connectivity index (χ4v) is 2.18. The minimum atomic E-state index is -0.609. The Bertz CT molecular complexity index is 745. The smallest absolute Gasteiger partial charge is 0.282 e. The first-order valence-electron chi connectivity index (χ1n) is 6.85. The molecule has 0 heterocycles. The van der Waals surface area contributed by atoms with Crippen LogP contribution >= 0.6 is 0 Å². The van der Waals surface area contributed by atoms with Crippen LogP contribution in [0.15, 0.2) is 42.5 Å². The second kappa shape index (κ2) is 6.78. The third-order valence-corrected chi connectivity index (χ3v) is 3.39. The molecule has 0 radical (unpaired) electrons. The third kappa shape index (κ3) is 3.57. The van der Waals surface area contributed by atoms with Crippen molar-refractivity contribution in [2.75, 3.05) is 7.11 Å². The quantitative estimate of drug-likeness (QED) is 0.652. The van der Waals surface area contributed by atoms with E-state index in [4.69, 9.17) is 4.74 Å². The zero-order chi connectivity index (χ0) is 17.0. The van der Waals surface area contributed by atoms with Crippen molar-refractivity contribution in [2.24, 2.45) is 0 Å². The lowest BCUT2D eigenvalue weighted by Crippen LogP contribution is -2.27. The second-order valence-electron chi connectivity index (χ2n) is 4.89. The Balaban J connectivity index is 2.25. The molecular formula is C16H16N2O5. The van der Waals surface area contributed by atoms with Gasteiger partial charge in [0.05, 0.1) is 18.1 Å². The Morgan fingerprint density at radius 1 is 1.30 bits per heavy atom. The Morgan fingerprint density at radius 3 is 2.65 bits per heavy atom. The van der Waals surface area contributed by atoms with Crippen LogP contribution < -0.4 is 10.1 Å². The molecule has 1 atom stereocenters. The van der Waals surface area contributed by atoms with E-state index in [0.717, 1.165) is 0 Å². The molecule has 0 saturated carbocycles. The molecule has 7 nitrogen and oxygen atoms in total. The van der Waals surface area contributed by atoms with Crippen LogP contribution in [0.1, 0.15) is 28.9 Å². The number of para-hydroxylation sites is 1. The number of amides is 1. The van der Waals surface area contributed by atoms with E-state index >= 15 is 0 Å². The lowest BCUT2D eigenvalue weighted by atomic mass is 10.1. The molecule has 0 spiro atoms. The van der Waals surface area contributed by atoms with Crippen LogP contribution in [-0.2, 0) is 0 Å². The molecule has 7 heteroatoms. The van der Waals surface area contributed by atoms with Gasteiger partial charge in [0.1, 0.15) is 17.1 Å². The van der Waals surface area contributed by atoms with E-state index in [9.17, 15) is 20.0 Å². The number of ether oxygens (including phenoxy) is 1. The highest BCUT2D eigenvalue weighted by Gasteiger charge is 2.22. The maximum absolute atomic E-state index is 12.3. The van der Waals surface area contributed by atoms with E-state index < -0.39 is 16.9 Å². The monoisotopic (exact) mass is 316 g/mol. The Kier molecular flexibility index (Phi) is 4.80. The van der Waals surface area contributed by atoms with Gasteiger partial charge < -0.3 is 15.2 Å². The predicted octanol–water partition coefficient (Wildman–Crippen LogP) is 2.80. The number of carbonyl (C=O) groups is 1. The Hall–Kier alpha value is -3.09. The van der Waals surface area contributed by atoms with Gasteiger partial charge in [0, 0.05) is 11.6 Å². The van der Waals surface area contributed by atoms with Gasteiger partial charge in [-0.1, -0.05) is 12.1 Å². The summed E-state index contributed by atoms with van der Waals surface area (Å²) in [5.74, 6) is -0.0576. The molecule has 0 aromatic heterocycles.